The Bertz CT molecular complexity index is 336. The molecule has 0 spiro atoms. The van der Waals surface area contributed by atoms with Crippen molar-refractivity contribution >= 4 is 0 Å². The van der Waals surface area contributed by atoms with Gasteiger partial charge in [-0.3, -0.25) is 0 Å². The number of hydrogen-bond acceptors (Lipinski definition) is 0. The predicted octanol–water partition coefficient (Wildman–Crippen LogP) is 7.47. The molecule has 0 radical (unpaired) electrons. The molecule has 1 atom stereocenters. The molecule has 4 heteroatoms. The Morgan fingerprint density at radius 2 is 1.29 bits per heavy atom. The van der Waals surface area contributed by atoms with E-state index in [1.165, 1.54) is 51.4 Å². The minimum Gasteiger partial charge on any atom is -0.237 e. The van der Waals surface area contributed by atoms with Gasteiger partial charge in [-0.25, -0.2) is 4.39 Å². The quantitative estimate of drug-likeness (QED) is 0.330. The molecule has 142 valence electrons. The maximum Gasteiger partial charge on any atom is 0.419 e. The predicted molar refractivity (Wildman–Crippen MR) is 90.6 cm³/mol. The summed E-state index contributed by atoms with van der Waals surface area (Å²) in [5.41, 5.74) is 0. The number of unbranched alkanes of at least 4 members (excludes halogenated alkanes) is 2. The zero-order valence-electron chi connectivity index (χ0n) is 15.1. The van der Waals surface area contributed by atoms with E-state index >= 15 is 0 Å². The molecular weight excluding hydrogens is 316 g/mol. The lowest BCUT2D eigenvalue weighted by molar-refractivity contribution is -0.185. The van der Waals surface area contributed by atoms with Gasteiger partial charge in [0.15, 0.2) is 6.17 Å². The van der Waals surface area contributed by atoms with Gasteiger partial charge in [0, 0.05) is 0 Å². The highest BCUT2D eigenvalue weighted by Crippen LogP contribution is 2.44. The number of alkyl halides is 4. The molecule has 2 aliphatic carbocycles. The molecule has 0 aromatic carbocycles. The molecular formula is C20H34F4. The summed E-state index contributed by atoms with van der Waals surface area (Å²) < 4.78 is 50.2. The molecule has 0 saturated heterocycles. The number of rotatable bonds is 7. The lowest BCUT2D eigenvalue weighted by atomic mass is 9.68. The molecule has 2 rings (SSSR count). The Morgan fingerprint density at radius 1 is 0.792 bits per heavy atom. The van der Waals surface area contributed by atoms with Crippen LogP contribution in [0.2, 0.25) is 0 Å². The van der Waals surface area contributed by atoms with Crippen LogP contribution < -0.4 is 0 Å². The van der Waals surface area contributed by atoms with Crippen LogP contribution in [0.5, 0.6) is 0 Å². The molecule has 0 bridgehead atoms. The van der Waals surface area contributed by atoms with Gasteiger partial charge in [-0.05, 0) is 55.8 Å². The van der Waals surface area contributed by atoms with E-state index < -0.39 is 12.3 Å². The van der Waals surface area contributed by atoms with Gasteiger partial charge in [0.05, 0.1) is 0 Å². The van der Waals surface area contributed by atoms with Gasteiger partial charge in [-0.2, -0.15) is 13.2 Å². The highest BCUT2D eigenvalue weighted by atomic mass is 19.4. The Kier molecular flexibility index (Phi) is 7.87. The summed E-state index contributed by atoms with van der Waals surface area (Å²) in [6, 6.07) is 0. The molecule has 0 aliphatic heterocycles. The van der Waals surface area contributed by atoms with Crippen molar-refractivity contribution in [2.75, 3.05) is 0 Å². The molecule has 1 unspecified atom stereocenters. The summed E-state index contributed by atoms with van der Waals surface area (Å²) in [6.45, 7) is 2.24. The van der Waals surface area contributed by atoms with Crippen LogP contribution in [-0.2, 0) is 0 Å². The normalized spacial score (nSPS) is 33.4. The zero-order valence-corrected chi connectivity index (χ0v) is 15.1. The summed E-state index contributed by atoms with van der Waals surface area (Å²) in [7, 11) is 0. The Labute approximate surface area is 144 Å². The number of halogens is 4. The summed E-state index contributed by atoms with van der Waals surface area (Å²) in [6.07, 6.45) is 6.65. The molecule has 0 aromatic heterocycles. The van der Waals surface area contributed by atoms with Crippen LogP contribution in [0.1, 0.15) is 90.4 Å². The molecule has 24 heavy (non-hydrogen) atoms. The summed E-state index contributed by atoms with van der Waals surface area (Å²) in [5.74, 6) is 2.30. The maximum absolute atomic E-state index is 13.2. The van der Waals surface area contributed by atoms with Gasteiger partial charge in [0.2, 0.25) is 0 Å². The molecule has 0 heterocycles. The Hall–Kier alpha value is -0.280. The van der Waals surface area contributed by atoms with Crippen molar-refractivity contribution in [1.29, 1.82) is 0 Å². The fourth-order valence-electron chi connectivity index (χ4n) is 4.95. The van der Waals surface area contributed by atoms with Gasteiger partial charge in [-0.1, -0.05) is 58.3 Å². The average Bonchev–Trinajstić information content (AvgIpc) is 2.56. The van der Waals surface area contributed by atoms with E-state index in [2.05, 4.69) is 6.92 Å². The van der Waals surface area contributed by atoms with Crippen LogP contribution in [0.15, 0.2) is 0 Å². The second-order valence-electron chi connectivity index (χ2n) is 8.30. The van der Waals surface area contributed by atoms with E-state index in [9.17, 15) is 17.6 Å². The average molecular weight is 350 g/mol. The fraction of sp³-hybridized carbons (Fsp3) is 1.00. The molecule has 2 saturated carbocycles. The van der Waals surface area contributed by atoms with E-state index in [1.807, 2.05) is 0 Å². The van der Waals surface area contributed by atoms with Crippen LogP contribution in [-0.4, -0.2) is 12.3 Å². The highest BCUT2D eigenvalue weighted by Gasteiger charge is 2.42. The topological polar surface area (TPSA) is 0 Å². The third-order valence-corrected chi connectivity index (χ3v) is 6.56. The lowest BCUT2D eigenvalue weighted by Gasteiger charge is -2.38. The van der Waals surface area contributed by atoms with Crippen molar-refractivity contribution in [2.45, 2.75) is 103 Å². The Balaban J connectivity index is 1.65. The third-order valence-electron chi connectivity index (χ3n) is 6.56. The van der Waals surface area contributed by atoms with Crippen molar-refractivity contribution in [3.63, 3.8) is 0 Å². The minimum atomic E-state index is -4.67. The van der Waals surface area contributed by atoms with E-state index in [0.717, 1.165) is 37.5 Å². The van der Waals surface area contributed by atoms with Gasteiger partial charge < -0.3 is 0 Å². The van der Waals surface area contributed by atoms with Crippen molar-refractivity contribution in [3.8, 4) is 0 Å². The van der Waals surface area contributed by atoms with Crippen LogP contribution in [0, 0.1) is 23.7 Å². The van der Waals surface area contributed by atoms with Crippen molar-refractivity contribution in [2.24, 2.45) is 23.7 Å². The number of hydrogen-bond donors (Lipinski definition) is 0. The standard InChI is InChI=1S/C20H34F4/c1-2-3-4-5-15-6-10-17(11-7-15)18-12-8-16(9-13-18)14-19(21)20(22,23)24/h15-19H,2-14H2,1H3. The van der Waals surface area contributed by atoms with Crippen LogP contribution in [0.25, 0.3) is 0 Å². The lowest BCUT2D eigenvalue weighted by Crippen LogP contribution is -2.30. The maximum atomic E-state index is 13.2. The first-order valence-electron chi connectivity index (χ1n) is 10.1. The smallest absolute Gasteiger partial charge is 0.237 e. The summed E-state index contributed by atoms with van der Waals surface area (Å²) in [5, 5.41) is 0. The fourth-order valence-corrected chi connectivity index (χ4v) is 4.95. The third kappa shape index (κ3) is 6.22. The molecule has 0 nitrogen and oxygen atoms in total. The van der Waals surface area contributed by atoms with Gasteiger partial charge in [0.1, 0.15) is 0 Å². The van der Waals surface area contributed by atoms with Crippen molar-refractivity contribution in [3.05, 3.63) is 0 Å². The second kappa shape index (κ2) is 9.43. The first kappa shape index (κ1) is 20.0. The van der Waals surface area contributed by atoms with Crippen molar-refractivity contribution in [1.82, 2.24) is 0 Å². The van der Waals surface area contributed by atoms with E-state index in [1.54, 1.807) is 0 Å². The van der Waals surface area contributed by atoms with Gasteiger partial charge in [-0.15, -0.1) is 0 Å². The molecule has 2 aliphatic rings. The van der Waals surface area contributed by atoms with Gasteiger partial charge in [0.25, 0.3) is 0 Å². The van der Waals surface area contributed by atoms with Crippen LogP contribution in [0.4, 0.5) is 17.6 Å². The zero-order chi connectivity index (χ0) is 17.6. The molecule has 0 aromatic rings. The Morgan fingerprint density at radius 3 is 1.75 bits per heavy atom. The SMILES string of the molecule is CCCCCC1CCC(C2CCC(CC(F)C(F)(F)F)CC2)CC1. The molecule has 0 amide bonds. The van der Waals surface area contributed by atoms with E-state index in [-0.39, 0.29) is 12.3 Å². The van der Waals surface area contributed by atoms with Crippen LogP contribution in [0.3, 0.4) is 0 Å². The first-order chi connectivity index (χ1) is 11.4. The second-order valence-corrected chi connectivity index (χ2v) is 8.30. The van der Waals surface area contributed by atoms with Crippen molar-refractivity contribution < 1.29 is 17.6 Å². The van der Waals surface area contributed by atoms with E-state index in [4.69, 9.17) is 0 Å². The summed E-state index contributed by atoms with van der Waals surface area (Å²) >= 11 is 0. The minimum absolute atomic E-state index is 0.0664. The van der Waals surface area contributed by atoms with Gasteiger partial charge >= 0.3 is 6.18 Å². The largest absolute Gasteiger partial charge is 0.419 e. The molecule has 2 fully saturated rings. The van der Waals surface area contributed by atoms with E-state index in [0.29, 0.717) is 5.92 Å². The summed E-state index contributed by atoms with van der Waals surface area (Å²) in [4.78, 5) is 0. The molecule has 0 N–H and O–H groups in total. The van der Waals surface area contributed by atoms with Crippen LogP contribution >= 0.6 is 0 Å². The monoisotopic (exact) mass is 350 g/mol. The highest BCUT2D eigenvalue weighted by molar-refractivity contribution is 4.83. The first-order valence-corrected chi connectivity index (χ1v) is 10.1.